The van der Waals surface area contributed by atoms with Gasteiger partial charge in [0, 0.05) is 18.2 Å². The van der Waals surface area contributed by atoms with Crippen LogP contribution in [0.5, 0.6) is 0 Å². The Hall–Kier alpha value is -3.09. The van der Waals surface area contributed by atoms with Crippen molar-refractivity contribution >= 4 is 11.7 Å². The molecule has 0 fully saturated rings. The van der Waals surface area contributed by atoms with Crippen LogP contribution in [0.4, 0.5) is 19.0 Å². The summed E-state index contributed by atoms with van der Waals surface area (Å²) in [5.41, 5.74) is 1.48. The van der Waals surface area contributed by atoms with E-state index in [0.717, 1.165) is 5.56 Å². The number of carbonyl (C=O) groups is 1. The van der Waals surface area contributed by atoms with Gasteiger partial charge in [0.15, 0.2) is 0 Å². The van der Waals surface area contributed by atoms with E-state index in [2.05, 4.69) is 10.4 Å². The van der Waals surface area contributed by atoms with Crippen LogP contribution in [-0.4, -0.2) is 15.7 Å². The molecular weight excluding hydrogens is 331 g/mol. The van der Waals surface area contributed by atoms with E-state index in [0.29, 0.717) is 23.5 Å². The lowest BCUT2D eigenvalue weighted by Gasteiger charge is -2.10. The molecule has 1 heterocycles. The largest absolute Gasteiger partial charge is 0.306 e. The van der Waals surface area contributed by atoms with Crippen LogP contribution in [0.2, 0.25) is 0 Å². The van der Waals surface area contributed by atoms with E-state index in [-0.39, 0.29) is 5.82 Å². The summed E-state index contributed by atoms with van der Waals surface area (Å²) in [7, 11) is 0. The molecule has 0 unspecified atom stereocenters. The van der Waals surface area contributed by atoms with Gasteiger partial charge in [0.05, 0.1) is 11.4 Å². The number of aryl methyl sites for hydroxylation is 2. The van der Waals surface area contributed by atoms with E-state index in [1.165, 1.54) is 4.68 Å². The van der Waals surface area contributed by atoms with Gasteiger partial charge in [-0.1, -0.05) is 17.7 Å². The highest BCUT2D eigenvalue weighted by Gasteiger charge is 2.21. The van der Waals surface area contributed by atoms with Gasteiger partial charge >= 0.3 is 0 Å². The molecule has 3 aromatic rings. The van der Waals surface area contributed by atoms with Crippen molar-refractivity contribution in [2.45, 2.75) is 13.8 Å². The first-order valence-electron chi connectivity index (χ1n) is 7.45. The topological polar surface area (TPSA) is 46.9 Å². The number of hydrogen-bond donors (Lipinski definition) is 1. The highest BCUT2D eigenvalue weighted by molar-refractivity contribution is 6.04. The van der Waals surface area contributed by atoms with Crippen LogP contribution in [0.3, 0.4) is 0 Å². The zero-order valence-corrected chi connectivity index (χ0v) is 13.5. The number of amides is 1. The summed E-state index contributed by atoms with van der Waals surface area (Å²) in [6.45, 7) is 3.65. The Morgan fingerprint density at radius 3 is 2.20 bits per heavy atom. The van der Waals surface area contributed by atoms with Crippen LogP contribution >= 0.6 is 0 Å². The molecule has 4 nitrogen and oxygen atoms in total. The Kier molecular flexibility index (Phi) is 4.31. The van der Waals surface area contributed by atoms with Crippen molar-refractivity contribution in [1.82, 2.24) is 9.78 Å². The number of nitrogens with zero attached hydrogens (tertiary/aromatic N) is 2. The fraction of sp³-hybridized carbons (Fsp3) is 0.111. The van der Waals surface area contributed by atoms with Crippen LogP contribution in [-0.2, 0) is 0 Å². The Morgan fingerprint density at radius 1 is 1.00 bits per heavy atom. The molecule has 7 heteroatoms. The first-order valence-corrected chi connectivity index (χ1v) is 7.45. The minimum Gasteiger partial charge on any atom is -0.306 e. The van der Waals surface area contributed by atoms with Crippen LogP contribution in [0.15, 0.2) is 42.5 Å². The van der Waals surface area contributed by atoms with E-state index in [1.807, 2.05) is 19.1 Å². The van der Waals surface area contributed by atoms with Crippen LogP contribution in [0, 0.1) is 31.3 Å². The Balaban J connectivity index is 1.96. The van der Waals surface area contributed by atoms with Crippen LogP contribution in [0.25, 0.3) is 5.69 Å². The SMILES string of the molecule is Cc1ccc(-n2nc(C)cc2NC(=O)c2c(F)cc(F)cc2F)cc1. The molecule has 1 aromatic heterocycles. The highest BCUT2D eigenvalue weighted by Crippen LogP contribution is 2.21. The molecule has 0 aliphatic heterocycles. The molecule has 25 heavy (non-hydrogen) atoms. The van der Waals surface area contributed by atoms with Crippen molar-refractivity contribution in [2.24, 2.45) is 0 Å². The normalized spacial score (nSPS) is 10.8. The maximum absolute atomic E-state index is 13.8. The summed E-state index contributed by atoms with van der Waals surface area (Å²) in [6, 6.07) is 9.83. The molecule has 0 spiro atoms. The molecule has 0 saturated heterocycles. The van der Waals surface area contributed by atoms with Crippen LogP contribution < -0.4 is 5.32 Å². The Bertz CT molecular complexity index is 926. The van der Waals surface area contributed by atoms with Gasteiger partial charge in [-0.25, -0.2) is 17.9 Å². The summed E-state index contributed by atoms with van der Waals surface area (Å²) in [5, 5.41) is 6.69. The van der Waals surface area contributed by atoms with Gasteiger partial charge in [0.1, 0.15) is 28.8 Å². The summed E-state index contributed by atoms with van der Waals surface area (Å²) < 4.78 is 42.0. The quantitative estimate of drug-likeness (QED) is 0.775. The van der Waals surface area contributed by atoms with Crippen molar-refractivity contribution in [3.05, 3.63) is 76.7 Å². The Morgan fingerprint density at radius 2 is 1.60 bits per heavy atom. The van der Waals surface area contributed by atoms with E-state index < -0.39 is 28.9 Å². The lowest BCUT2D eigenvalue weighted by molar-refractivity contribution is 0.101. The predicted octanol–water partition coefficient (Wildman–Crippen LogP) is 4.16. The molecule has 0 bridgehead atoms. The average Bonchev–Trinajstić information content (AvgIpc) is 2.87. The molecule has 1 N–H and O–H groups in total. The smallest absolute Gasteiger partial charge is 0.262 e. The molecular formula is C18H14F3N3O. The molecule has 0 saturated carbocycles. The van der Waals surface area contributed by atoms with Gasteiger partial charge in [-0.2, -0.15) is 5.10 Å². The number of rotatable bonds is 3. The van der Waals surface area contributed by atoms with Gasteiger partial charge in [0.2, 0.25) is 0 Å². The number of nitrogens with one attached hydrogen (secondary N) is 1. The lowest BCUT2D eigenvalue weighted by atomic mass is 10.1. The molecule has 3 rings (SSSR count). The second-order valence-corrected chi connectivity index (χ2v) is 5.62. The second kappa shape index (κ2) is 6.43. The van der Waals surface area contributed by atoms with Crippen LogP contribution in [0.1, 0.15) is 21.6 Å². The first kappa shape index (κ1) is 16.8. The molecule has 128 valence electrons. The predicted molar refractivity (Wildman–Crippen MR) is 87.3 cm³/mol. The van der Waals surface area contributed by atoms with Gasteiger partial charge < -0.3 is 5.32 Å². The Labute approximate surface area is 141 Å². The zero-order chi connectivity index (χ0) is 18.1. The second-order valence-electron chi connectivity index (χ2n) is 5.62. The minimum atomic E-state index is -1.27. The zero-order valence-electron chi connectivity index (χ0n) is 13.5. The van der Waals surface area contributed by atoms with Gasteiger partial charge in [-0.05, 0) is 26.0 Å². The number of benzene rings is 2. The third-order valence-corrected chi connectivity index (χ3v) is 3.59. The lowest BCUT2D eigenvalue weighted by Crippen LogP contribution is -2.18. The summed E-state index contributed by atoms with van der Waals surface area (Å²) in [6.07, 6.45) is 0. The van der Waals surface area contributed by atoms with Crippen molar-refractivity contribution in [2.75, 3.05) is 5.32 Å². The number of anilines is 1. The van der Waals surface area contributed by atoms with E-state index in [9.17, 15) is 18.0 Å². The summed E-state index contributed by atoms with van der Waals surface area (Å²) in [5.74, 6) is -4.41. The number of hydrogen-bond acceptors (Lipinski definition) is 2. The summed E-state index contributed by atoms with van der Waals surface area (Å²) in [4.78, 5) is 12.3. The van der Waals surface area contributed by atoms with Crippen molar-refractivity contribution in [3.63, 3.8) is 0 Å². The van der Waals surface area contributed by atoms with E-state index in [1.54, 1.807) is 25.1 Å². The standard InChI is InChI=1S/C18H14F3N3O/c1-10-3-5-13(6-4-10)24-16(7-11(2)23-24)22-18(25)17-14(20)8-12(19)9-15(17)21/h3-9H,1-2H3,(H,22,25). The van der Waals surface area contributed by atoms with Crippen molar-refractivity contribution < 1.29 is 18.0 Å². The molecule has 0 atom stereocenters. The molecule has 0 aliphatic carbocycles. The fourth-order valence-electron chi connectivity index (χ4n) is 2.41. The number of aromatic nitrogens is 2. The third-order valence-electron chi connectivity index (χ3n) is 3.59. The van der Waals surface area contributed by atoms with Gasteiger partial charge in [-0.3, -0.25) is 4.79 Å². The average molecular weight is 345 g/mol. The minimum absolute atomic E-state index is 0.245. The van der Waals surface area contributed by atoms with E-state index in [4.69, 9.17) is 0 Å². The van der Waals surface area contributed by atoms with Crippen molar-refractivity contribution in [1.29, 1.82) is 0 Å². The number of halogens is 3. The maximum Gasteiger partial charge on any atom is 0.262 e. The monoisotopic (exact) mass is 345 g/mol. The van der Waals surface area contributed by atoms with Crippen molar-refractivity contribution in [3.8, 4) is 5.69 Å². The summed E-state index contributed by atoms with van der Waals surface area (Å²) >= 11 is 0. The molecule has 2 aromatic carbocycles. The fourth-order valence-corrected chi connectivity index (χ4v) is 2.41. The highest BCUT2D eigenvalue weighted by atomic mass is 19.1. The molecule has 0 radical (unpaired) electrons. The third kappa shape index (κ3) is 3.40. The number of carbonyl (C=O) groups excluding carboxylic acids is 1. The van der Waals surface area contributed by atoms with Gasteiger partial charge in [-0.15, -0.1) is 0 Å². The first-order chi connectivity index (χ1) is 11.8. The van der Waals surface area contributed by atoms with Gasteiger partial charge in [0.25, 0.3) is 5.91 Å². The van der Waals surface area contributed by atoms with E-state index >= 15 is 0 Å². The molecule has 0 aliphatic rings. The molecule has 1 amide bonds. The maximum atomic E-state index is 13.8.